The van der Waals surface area contributed by atoms with Crippen molar-refractivity contribution in [3.63, 3.8) is 0 Å². The minimum atomic E-state index is 0.569. The van der Waals surface area contributed by atoms with Gasteiger partial charge in [-0.3, -0.25) is 0 Å². The fourth-order valence-corrected chi connectivity index (χ4v) is 5.21. The largest absolute Gasteiger partial charge is 0.496 e. The van der Waals surface area contributed by atoms with Crippen LogP contribution in [-0.4, -0.2) is 24.2 Å². The Bertz CT molecular complexity index is 1890. The van der Waals surface area contributed by atoms with Gasteiger partial charge < -0.3 is 18.3 Å². The number of fused-ring (bicyclic) bond motifs is 4. The molecule has 0 unspecified atom stereocenters. The molecule has 0 atom stereocenters. The van der Waals surface area contributed by atoms with E-state index in [2.05, 4.69) is 24.3 Å². The minimum Gasteiger partial charge on any atom is -0.496 e. The van der Waals surface area contributed by atoms with Gasteiger partial charge >= 0.3 is 0 Å². The van der Waals surface area contributed by atoms with Crippen LogP contribution in [0.5, 0.6) is 11.5 Å². The fourth-order valence-electron chi connectivity index (χ4n) is 5.21. The van der Waals surface area contributed by atoms with Crippen LogP contribution in [-0.2, 0) is 0 Å². The maximum atomic E-state index is 6.23. The number of rotatable bonds is 4. The summed E-state index contributed by atoms with van der Waals surface area (Å²) in [7, 11) is 3.32. The third-order valence-corrected chi connectivity index (χ3v) is 7.15. The van der Waals surface area contributed by atoms with Crippen LogP contribution < -0.4 is 9.47 Å². The molecule has 0 saturated carbocycles. The Hall–Kier alpha value is -4.84. The zero-order chi connectivity index (χ0) is 26.0. The van der Waals surface area contributed by atoms with Gasteiger partial charge in [0.15, 0.2) is 11.2 Å². The van der Waals surface area contributed by atoms with Gasteiger partial charge in [0.05, 0.1) is 14.2 Å². The summed E-state index contributed by atoms with van der Waals surface area (Å²) in [4.78, 5) is 9.64. The van der Waals surface area contributed by atoms with Crippen LogP contribution >= 0.6 is 0 Å². The van der Waals surface area contributed by atoms with E-state index >= 15 is 0 Å². The van der Waals surface area contributed by atoms with Crippen molar-refractivity contribution in [2.45, 2.75) is 13.8 Å². The number of methoxy groups -OCH3 is 2. The first-order valence-corrected chi connectivity index (χ1v) is 12.4. The van der Waals surface area contributed by atoms with E-state index < -0.39 is 0 Å². The molecule has 5 aromatic carbocycles. The van der Waals surface area contributed by atoms with E-state index in [1.165, 1.54) is 0 Å². The van der Waals surface area contributed by atoms with E-state index in [1.807, 2.05) is 62.4 Å². The highest BCUT2D eigenvalue weighted by Crippen LogP contribution is 2.38. The van der Waals surface area contributed by atoms with Crippen LogP contribution in [0.25, 0.3) is 66.7 Å². The SMILES string of the molecule is COc1cc2oc(-c3cccc4cc5cccc(-c6nc7cc(C)c(OC)cc7o6)c5cc34)nc2cc1C. The maximum absolute atomic E-state index is 6.23. The van der Waals surface area contributed by atoms with Gasteiger partial charge in [0.1, 0.15) is 22.5 Å². The number of benzene rings is 5. The number of aromatic nitrogens is 2. The second kappa shape index (κ2) is 8.35. The van der Waals surface area contributed by atoms with E-state index in [9.17, 15) is 0 Å². The summed E-state index contributed by atoms with van der Waals surface area (Å²) in [5.41, 5.74) is 6.85. The van der Waals surface area contributed by atoms with Gasteiger partial charge in [0.2, 0.25) is 11.8 Å². The van der Waals surface area contributed by atoms with Crippen molar-refractivity contribution in [2.75, 3.05) is 14.2 Å². The lowest BCUT2D eigenvalue weighted by molar-refractivity contribution is 0.411. The number of oxazole rings is 2. The van der Waals surface area contributed by atoms with E-state index in [1.54, 1.807) is 14.2 Å². The number of hydrogen-bond donors (Lipinski definition) is 0. The van der Waals surface area contributed by atoms with Crippen molar-refractivity contribution in [3.05, 3.63) is 83.9 Å². The molecule has 0 amide bonds. The number of hydrogen-bond acceptors (Lipinski definition) is 6. The molecule has 38 heavy (non-hydrogen) atoms. The molecular weight excluding hydrogens is 476 g/mol. The van der Waals surface area contributed by atoms with Gasteiger partial charge in [-0.15, -0.1) is 0 Å². The van der Waals surface area contributed by atoms with E-state index in [4.69, 9.17) is 28.3 Å². The highest BCUT2D eigenvalue weighted by molar-refractivity contribution is 6.08. The van der Waals surface area contributed by atoms with Crippen LogP contribution in [0, 0.1) is 13.8 Å². The van der Waals surface area contributed by atoms with E-state index in [-0.39, 0.29) is 0 Å². The molecule has 0 fully saturated rings. The highest BCUT2D eigenvalue weighted by Gasteiger charge is 2.17. The van der Waals surface area contributed by atoms with Gasteiger partial charge in [0.25, 0.3) is 0 Å². The molecule has 6 heteroatoms. The molecule has 0 aliphatic carbocycles. The molecule has 0 aliphatic heterocycles. The molecule has 7 aromatic rings. The molecular formula is C32H24N2O4. The lowest BCUT2D eigenvalue weighted by Gasteiger charge is -2.08. The van der Waals surface area contributed by atoms with Crippen molar-refractivity contribution in [1.29, 1.82) is 0 Å². The summed E-state index contributed by atoms with van der Waals surface area (Å²) in [6.45, 7) is 4.00. The summed E-state index contributed by atoms with van der Waals surface area (Å²) in [5.74, 6) is 2.69. The first-order chi connectivity index (χ1) is 18.5. The second-order valence-electron chi connectivity index (χ2n) is 9.52. The van der Waals surface area contributed by atoms with E-state index in [0.29, 0.717) is 22.9 Å². The molecule has 0 saturated heterocycles. The van der Waals surface area contributed by atoms with Gasteiger partial charge in [-0.25, -0.2) is 9.97 Å². The van der Waals surface area contributed by atoms with Crippen molar-refractivity contribution >= 4 is 43.7 Å². The number of ether oxygens (including phenoxy) is 2. The molecule has 186 valence electrons. The van der Waals surface area contributed by atoms with Crippen molar-refractivity contribution in [2.24, 2.45) is 0 Å². The molecule has 0 spiro atoms. The monoisotopic (exact) mass is 500 g/mol. The van der Waals surface area contributed by atoms with Crippen LogP contribution in [0.2, 0.25) is 0 Å². The van der Waals surface area contributed by atoms with Crippen molar-refractivity contribution < 1.29 is 18.3 Å². The fraction of sp³-hybridized carbons (Fsp3) is 0.125. The lowest BCUT2D eigenvalue weighted by atomic mass is 9.97. The summed E-state index contributed by atoms with van der Waals surface area (Å²) < 4.78 is 23.4. The van der Waals surface area contributed by atoms with E-state index in [0.717, 1.165) is 66.3 Å². The first kappa shape index (κ1) is 22.4. The van der Waals surface area contributed by atoms with Gasteiger partial charge in [-0.05, 0) is 82.9 Å². The third-order valence-electron chi connectivity index (χ3n) is 7.15. The smallest absolute Gasteiger partial charge is 0.227 e. The van der Waals surface area contributed by atoms with Crippen molar-refractivity contribution in [3.8, 4) is 34.4 Å². The molecule has 2 aromatic heterocycles. The van der Waals surface area contributed by atoms with Crippen LogP contribution in [0.4, 0.5) is 0 Å². The first-order valence-electron chi connectivity index (χ1n) is 12.4. The summed E-state index contributed by atoms with van der Waals surface area (Å²) >= 11 is 0. The zero-order valence-corrected chi connectivity index (χ0v) is 21.5. The van der Waals surface area contributed by atoms with Crippen molar-refractivity contribution in [1.82, 2.24) is 9.97 Å². The standard InChI is InChI=1S/C32H24N2O4/c1-17-11-25-29(15-27(17)35-3)37-31(33-25)21-9-5-7-19-13-20-8-6-10-22(24(20)14-23(19)21)32-34-26-12-18(2)28(36-4)16-30(26)38-32/h5-16H,1-4H3. The van der Waals surface area contributed by atoms with Gasteiger partial charge in [0, 0.05) is 23.3 Å². The highest BCUT2D eigenvalue weighted by atomic mass is 16.5. The Morgan fingerprint density at radius 2 is 1.05 bits per heavy atom. The predicted octanol–water partition coefficient (Wildman–Crippen LogP) is 8.24. The normalized spacial score (nSPS) is 11.7. The Balaban J connectivity index is 1.44. The molecule has 0 aliphatic rings. The summed E-state index contributed by atoms with van der Waals surface area (Å²) in [6, 6.07) is 24.5. The molecule has 0 bridgehead atoms. The Morgan fingerprint density at radius 1 is 0.579 bits per heavy atom. The van der Waals surface area contributed by atoms with Crippen LogP contribution in [0.3, 0.4) is 0 Å². The Kier molecular flexibility index (Phi) is 4.91. The molecule has 6 nitrogen and oxygen atoms in total. The predicted molar refractivity (Wildman–Crippen MR) is 150 cm³/mol. The van der Waals surface area contributed by atoms with Crippen LogP contribution in [0.1, 0.15) is 11.1 Å². The molecule has 0 N–H and O–H groups in total. The number of nitrogens with zero attached hydrogens (tertiary/aromatic N) is 2. The molecule has 0 radical (unpaired) electrons. The molecule has 2 heterocycles. The molecule has 7 rings (SSSR count). The van der Waals surface area contributed by atoms with Gasteiger partial charge in [-0.2, -0.15) is 0 Å². The topological polar surface area (TPSA) is 70.5 Å². The van der Waals surface area contributed by atoms with Gasteiger partial charge in [-0.1, -0.05) is 24.3 Å². The second-order valence-corrected chi connectivity index (χ2v) is 9.52. The third kappa shape index (κ3) is 3.41. The minimum absolute atomic E-state index is 0.569. The Morgan fingerprint density at radius 3 is 1.50 bits per heavy atom. The number of aryl methyl sites for hydroxylation is 2. The Labute approximate surface area is 218 Å². The quantitative estimate of drug-likeness (QED) is 0.227. The summed E-state index contributed by atoms with van der Waals surface area (Å²) in [5, 5.41) is 4.27. The maximum Gasteiger partial charge on any atom is 0.227 e. The summed E-state index contributed by atoms with van der Waals surface area (Å²) in [6.07, 6.45) is 0. The van der Waals surface area contributed by atoms with Crippen LogP contribution in [0.15, 0.2) is 81.6 Å². The average molecular weight is 501 g/mol. The lowest BCUT2D eigenvalue weighted by Crippen LogP contribution is -1.86. The average Bonchev–Trinajstić information content (AvgIpc) is 3.53. The zero-order valence-electron chi connectivity index (χ0n) is 21.5.